The minimum atomic E-state index is -1.24. The van der Waals surface area contributed by atoms with Crippen molar-refractivity contribution in [1.82, 2.24) is 15.8 Å². The Bertz CT molecular complexity index is 889. The van der Waals surface area contributed by atoms with Gasteiger partial charge in [0, 0.05) is 0 Å². The number of amides is 4. The number of imide groups is 1. The van der Waals surface area contributed by atoms with E-state index in [0.717, 1.165) is 0 Å². The zero-order valence-electron chi connectivity index (χ0n) is 13.8. The number of nitrogens with one attached hydrogen (secondary N) is 2. The van der Waals surface area contributed by atoms with E-state index >= 15 is 0 Å². The predicted octanol–water partition coefficient (Wildman–Crippen LogP) is 3.03. The summed E-state index contributed by atoms with van der Waals surface area (Å²) in [5.41, 5.74) is 2.33. The van der Waals surface area contributed by atoms with Gasteiger partial charge in [-0.2, -0.15) is 5.01 Å². The van der Waals surface area contributed by atoms with Gasteiger partial charge in [0.15, 0.2) is 0 Å². The van der Waals surface area contributed by atoms with E-state index in [4.69, 9.17) is 23.2 Å². The second-order valence-corrected chi connectivity index (χ2v) is 6.84. The van der Waals surface area contributed by atoms with Gasteiger partial charge in [-0.3, -0.25) is 15.0 Å². The summed E-state index contributed by atoms with van der Waals surface area (Å²) in [6.45, 7) is 1.59. The van der Waals surface area contributed by atoms with Gasteiger partial charge in [-0.05, 0) is 30.2 Å². The fourth-order valence-electron chi connectivity index (χ4n) is 2.71. The van der Waals surface area contributed by atoms with Gasteiger partial charge < -0.3 is 5.32 Å². The second-order valence-electron chi connectivity index (χ2n) is 6.02. The average Bonchev–Trinajstić information content (AvgIpc) is 2.83. The Morgan fingerprint density at radius 1 is 1.12 bits per heavy atom. The van der Waals surface area contributed by atoms with Gasteiger partial charge in [0.25, 0.3) is 5.91 Å². The average molecular weight is 392 g/mol. The summed E-state index contributed by atoms with van der Waals surface area (Å²) in [6, 6.07) is 12.9. The molecule has 0 bridgehead atoms. The lowest BCUT2D eigenvalue weighted by atomic mass is 9.92. The summed E-state index contributed by atoms with van der Waals surface area (Å²) in [5.74, 6) is -1.08. The van der Waals surface area contributed by atoms with Crippen LogP contribution in [-0.4, -0.2) is 22.9 Å². The molecule has 134 valence electrons. The summed E-state index contributed by atoms with van der Waals surface area (Å²) in [4.78, 5) is 37.2. The van der Waals surface area contributed by atoms with Gasteiger partial charge in [-0.15, -0.1) is 0 Å². The highest BCUT2D eigenvalue weighted by Gasteiger charge is 2.49. The Labute approximate surface area is 160 Å². The summed E-state index contributed by atoms with van der Waals surface area (Å²) >= 11 is 11.8. The molecular weight excluding hydrogens is 377 g/mol. The molecule has 6 nitrogen and oxygen atoms in total. The number of rotatable bonds is 4. The van der Waals surface area contributed by atoms with Gasteiger partial charge in [0.1, 0.15) is 5.54 Å². The molecule has 3 rings (SSSR count). The molecule has 2 aromatic rings. The first-order valence-electron chi connectivity index (χ1n) is 7.77. The van der Waals surface area contributed by atoms with E-state index in [0.29, 0.717) is 26.2 Å². The van der Waals surface area contributed by atoms with Crippen molar-refractivity contribution in [2.24, 2.45) is 0 Å². The van der Waals surface area contributed by atoms with Crippen LogP contribution in [0.25, 0.3) is 0 Å². The number of carbonyl (C=O) groups excluding carboxylic acids is 3. The van der Waals surface area contributed by atoms with Gasteiger partial charge in [0.05, 0.1) is 16.5 Å². The van der Waals surface area contributed by atoms with Gasteiger partial charge >= 0.3 is 6.03 Å². The van der Waals surface area contributed by atoms with E-state index in [9.17, 15) is 14.4 Å². The van der Waals surface area contributed by atoms with Crippen LogP contribution in [0.5, 0.6) is 0 Å². The maximum Gasteiger partial charge on any atom is 0.344 e. The summed E-state index contributed by atoms with van der Waals surface area (Å²) < 4.78 is 0. The molecule has 0 aromatic heterocycles. The summed E-state index contributed by atoms with van der Waals surface area (Å²) in [6.07, 6.45) is -0.0595. The SMILES string of the molecule is CC1(c2ccccc2)NC(=O)N(NC(=O)Cc2ccc(Cl)c(Cl)c2)C1=O. The van der Waals surface area contributed by atoms with E-state index in [1.54, 1.807) is 49.4 Å². The van der Waals surface area contributed by atoms with Crippen LogP contribution in [0, 0.1) is 0 Å². The van der Waals surface area contributed by atoms with Crippen LogP contribution in [-0.2, 0) is 21.5 Å². The van der Waals surface area contributed by atoms with Crippen molar-refractivity contribution < 1.29 is 14.4 Å². The quantitative estimate of drug-likeness (QED) is 0.786. The predicted molar refractivity (Wildman–Crippen MR) is 97.5 cm³/mol. The number of benzene rings is 2. The van der Waals surface area contributed by atoms with E-state index in [2.05, 4.69) is 10.7 Å². The molecule has 2 aromatic carbocycles. The van der Waals surface area contributed by atoms with E-state index in [-0.39, 0.29) is 6.42 Å². The van der Waals surface area contributed by atoms with Crippen molar-refractivity contribution in [2.45, 2.75) is 18.9 Å². The van der Waals surface area contributed by atoms with Crippen molar-refractivity contribution in [1.29, 1.82) is 0 Å². The molecule has 1 aliphatic heterocycles. The van der Waals surface area contributed by atoms with Crippen molar-refractivity contribution in [3.63, 3.8) is 0 Å². The summed E-state index contributed by atoms with van der Waals surface area (Å²) in [7, 11) is 0. The van der Waals surface area contributed by atoms with Crippen LogP contribution in [0.1, 0.15) is 18.1 Å². The molecule has 1 aliphatic rings. The van der Waals surface area contributed by atoms with Crippen molar-refractivity contribution in [3.8, 4) is 0 Å². The fraction of sp³-hybridized carbons (Fsp3) is 0.167. The molecule has 2 N–H and O–H groups in total. The third-order valence-electron chi connectivity index (χ3n) is 4.13. The standard InChI is InChI=1S/C18H15Cl2N3O3/c1-18(12-5-3-2-4-6-12)16(25)23(17(26)21-18)22-15(24)10-11-7-8-13(19)14(20)9-11/h2-9H,10H2,1H3,(H,21,26)(H,22,24). The third-order valence-corrected chi connectivity index (χ3v) is 4.87. The molecule has 4 amide bonds. The maximum absolute atomic E-state index is 12.7. The minimum Gasteiger partial charge on any atom is -0.318 e. The Morgan fingerprint density at radius 3 is 2.46 bits per heavy atom. The second kappa shape index (κ2) is 6.97. The highest BCUT2D eigenvalue weighted by molar-refractivity contribution is 6.42. The van der Waals surface area contributed by atoms with Crippen molar-refractivity contribution in [3.05, 3.63) is 69.7 Å². The molecule has 1 unspecified atom stereocenters. The number of hydrazine groups is 1. The molecular formula is C18H15Cl2N3O3. The molecule has 1 atom stereocenters. The van der Waals surface area contributed by atoms with Crippen LogP contribution in [0.4, 0.5) is 4.79 Å². The fourth-order valence-corrected chi connectivity index (χ4v) is 3.03. The Balaban J connectivity index is 1.73. The number of hydrogen-bond donors (Lipinski definition) is 2. The van der Waals surface area contributed by atoms with E-state index in [1.165, 1.54) is 0 Å². The first kappa shape index (κ1) is 18.2. The van der Waals surface area contributed by atoms with E-state index < -0.39 is 23.4 Å². The molecule has 1 heterocycles. The van der Waals surface area contributed by atoms with Crippen LogP contribution in [0.2, 0.25) is 10.0 Å². The Morgan fingerprint density at radius 2 is 1.81 bits per heavy atom. The molecule has 1 fully saturated rings. The van der Waals surface area contributed by atoms with Crippen LogP contribution in [0.15, 0.2) is 48.5 Å². The van der Waals surface area contributed by atoms with Gasteiger partial charge in [-0.25, -0.2) is 4.79 Å². The number of hydrogen-bond acceptors (Lipinski definition) is 3. The van der Waals surface area contributed by atoms with Crippen LogP contribution in [0.3, 0.4) is 0 Å². The first-order chi connectivity index (χ1) is 12.3. The lowest BCUT2D eigenvalue weighted by Gasteiger charge is -2.22. The largest absolute Gasteiger partial charge is 0.344 e. The van der Waals surface area contributed by atoms with Crippen LogP contribution < -0.4 is 10.7 Å². The molecule has 1 saturated heterocycles. The zero-order valence-corrected chi connectivity index (χ0v) is 15.3. The topological polar surface area (TPSA) is 78.5 Å². The monoisotopic (exact) mass is 391 g/mol. The zero-order chi connectivity index (χ0) is 18.9. The van der Waals surface area contributed by atoms with Crippen LogP contribution >= 0.6 is 23.2 Å². The Hall–Kier alpha value is -2.57. The summed E-state index contributed by atoms with van der Waals surface area (Å²) in [5, 5.41) is 4.02. The van der Waals surface area contributed by atoms with Crippen molar-refractivity contribution in [2.75, 3.05) is 0 Å². The lowest BCUT2D eigenvalue weighted by Crippen LogP contribution is -2.48. The highest BCUT2D eigenvalue weighted by Crippen LogP contribution is 2.27. The highest BCUT2D eigenvalue weighted by atomic mass is 35.5. The number of halogens is 2. The molecule has 0 saturated carbocycles. The van der Waals surface area contributed by atoms with Gasteiger partial charge in [-0.1, -0.05) is 59.6 Å². The third kappa shape index (κ3) is 3.38. The number of carbonyl (C=O) groups is 3. The normalized spacial score (nSPS) is 19.4. The molecule has 8 heteroatoms. The number of urea groups is 1. The molecule has 0 spiro atoms. The lowest BCUT2D eigenvalue weighted by molar-refractivity contribution is -0.138. The van der Waals surface area contributed by atoms with Crippen molar-refractivity contribution >= 4 is 41.0 Å². The molecule has 26 heavy (non-hydrogen) atoms. The Kier molecular flexibility index (Phi) is 4.89. The van der Waals surface area contributed by atoms with Gasteiger partial charge in [0.2, 0.25) is 5.91 Å². The minimum absolute atomic E-state index is 0.0595. The molecule has 0 aliphatic carbocycles. The maximum atomic E-state index is 12.7. The molecule has 0 radical (unpaired) electrons. The first-order valence-corrected chi connectivity index (χ1v) is 8.52. The number of nitrogens with zero attached hydrogens (tertiary/aromatic N) is 1. The van der Waals surface area contributed by atoms with E-state index in [1.807, 2.05) is 6.07 Å². The smallest absolute Gasteiger partial charge is 0.318 e.